The van der Waals surface area contributed by atoms with Crippen molar-refractivity contribution in [2.45, 2.75) is 19.9 Å². The summed E-state index contributed by atoms with van der Waals surface area (Å²) in [5.41, 5.74) is 0.610. The van der Waals surface area contributed by atoms with Gasteiger partial charge in [-0.1, -0.05) is 30.7 Å². The number of aromatic nitrogens is 2. The minimum atomic E-state index is -0.494. The van der Waals surface area contributed by atoms with E-state index in [-0.39, 0.29) is 22.8 Å². The maximum Gasteiger partial charge on any atom is 0.261 e. The predicted octanol–water partition coefficient (Wildman–Crippen LogP) is 3.39. The summed E-state index contributed by atoms with van der Waals surface area (Å²) in [4.78, 5) is 29.5. The number of carbonyl (C=O) groups is 1. The molecule has 0 aliphatic rings. The smallest absolute Gasteiger partial charge is 0.261 e. The molecule has 0 radical (unpaired) electrons. The number of benzene rings is 2. The number of carbonyl (C=O) groups excluding carboxylic acids is 1. The molecule has 0 unspecified atom stereocenters. The van der Waals surface area contributed by atoms with Crippen molar-refractivity contribution in [2.75, 3.05) is 5.32 Å². The van der Waals surface area contributed by atoms with E-state index in [1.807, 2.05) is 13.0 Å². The molecule has 1 aromatic heterocycles. The van der Waals surface area contributed by atoms with Crippen molar-refractivity contribution >= 4 is 34.1 Å². The van der Waals surface area contributed by atoms with Gasteiger partial charge in [0.15, 0.2) is 0 Å². The Kier molecular flexibility index (Phi) is 4.81. The Morgan fingerprint density at radius 1 is 1.28 bits per heavy atom. The van der Waals surface area contributed by atoms with Crippen LogP contribution in [0.3, 0.4) is 0 Å². The van der Waals surface area contributed by atoms with Gasteiger partial charge >= 0.3 is 0 Å². The standard InChI is InChI=1S/C18H15ClFN3O2/c1-2-16-21-14-6-4-3-5-12(14)18(25)23(16)10-17(24)22-15-8-7-11(20)9-13(15)19/h3-9H,2,10H2,1H3,(H,22,24). The number of nitrogens with one attached hydrogen (secondary N) is 1. The normalized spacial score (nSPS) is 10.8. The highest BCUT2D eigenvalue weighted by molar-refractivity contribution is 6.33. The van der Waals surface area contributed by atoms with Crippen LogP contribution in [0.25, 0.3) is 10.9 Å². The van der Waals surface area contributed by atoms with Gasteiger partial charge in [-0.25, -0.2) is 9.37 Å². The molecule has 3 rings (SSSR count). The van der Waals surface area contributed by atoms with Gasteiger partial charge in [0.1, 0.15) is 18.2 Å². The summed E-state index contributed by atoms with van der Waals surface area (Å²) >= 11 is 5.91. The average molecular weight is 360 g/mol. The van der Waals surface area contributed by atoms with Crippen LogP contribution in [0.4, 0.5) is 10.1 Å². The zero-order valence-electron chi connectivity index (χ0n) is 13.4. The van der Waals surface area contributed by atoms with E-state index < -0.39 is 11.7 Å². The third kappa shape index (κ3) is 3.53. The lowest BCUT2D eigenvalue weighted by molar-refractivity contribution is -0.116. The molecule has 5 nitrogen and oxygen atoms in total. The molecular formula is C18H15ClFN3O2. The Labute approximate surface area is 148 Å². The van der Waals surface area contributed by atoms with Gasteiger partial charge in [-0.05, 0) is 30.3 Å². The highest BCUT2D eigenvalue weighted by Gasteiger charge is 2.14. The van der Waals surface area contributed by atoms with Crippen molar-refractivity contribution < 1.29 is 9.18 Å². The first-order valence-electron chi connectivity index (χ1n) is 7.73. The van der Waals surface area contributed by atoms with Gasteiger partial charge in [0.2, 0.25) is 5.91 Å². The minimum Gasteiger partial charge on any atom is -0.323 e. The predicted molar refractivity (Wildman–Crippen MR) is 95.4 cm³/mol. The van der Waals surface area contributed by atoms with Crippen LogP contribution in [-0.4, -0.2) is 15.5 Å². The lowest BCUT2D eigenvalue weighted by Crippen LogP contribution is -2.31. The molecule has 7 heteroatoms. The Morgan fingerprint density at radius 2 is 2.04 bits per heavy atom. The SMILES string of the molecule is CCc1nc2ccccc2c(=O)n1CC(=O)Nc1ccc(F)cc1Cl. The first-order chi connectivity index (χ1) is 12.0. The van der Waals surface area contributed by atoms with Gasteiger partial charge in [0.25, 0.3) is 5.56 Å². The number of amides is 1. The molecule has 0 saturated heterocycles. The fraction of sp³-hybridized carbons (Fsp3) is 0.167. The van der Waals surface area contributed by atoms with Crippen LogP contribution in [-0.2, 0) is 17.8 Å². The topological polar surface area (TPSA) is 64.0 Å². The zero-order valence-corrected chi connectivity index (χ0v) is 14.2. The molecule has 128 valence electrons. The quantitative estimate of drug-likeness (QED) is 0.776. The molecule has 1 amide bonds. The Balaban J connectivity index is 1.93. The molecule has 0 atom stereocenters. The van der Waals surface area contributed by atoms with Gasteiger partial charge in [-0.2, -0.15) is 0 Å². The number of para-hydroxylation sites is 1. The second-order valence-corrected chi connectivity index (χ2v) is 5.87. The van der Waals surface area contributed by atoms with Crippen LogP contribution in [0.1, 0.15) is 12.7 Å². The van der Waals surface area contributed by atoms with Crippen LogP contribution >= 0.6 is 11.6 Å². The van der Waals surface area contributed by atoms with E-state index >= 15 is 0 Å². The summed E-state index contributed by atoms with van der Waals surface area (Å²) in [6.07, 6.45) is 0.505. The summed E-state index contributed by atoms with van der Waals surface area (Å²) in [6.45, 7) is 1.66. The molecule has 3 aromatic rings. The molecule has 1 N–H and O–H groups in total. The lowest BCUT2D eigenvalue weighted by Gasteiger charge is -2.13. The molecule has 25 heavy (non-hydrogen) atoms. The van der Waals surface area contributed by atoms with Crippen molar-refractivity contribution in [1.29, 1.82) is 0 Å². The number of nitrogens with zero attached hydrogens (tertiary/aromatic N) is 2. The Morgan fingerprint density at radius 3 is 2.76 bits per heavy atom. The van der Waals surface area contributed by atoms with Crippen LogP contribution in [0.2, 0.25) is 5.02 Å². The maximum atomic E-state index is 13.1. The number of fused-ring (bicyclic) bond motifs is 1. The number of rotatable bonds is 4. The van der Waals surface area contributed by atoms with Crippen LogP contribution in [0.15, 0.2) is 47.3 Å². The molecule has 0 bridgehead atoms. The van der Waals surface area contributed by atoms with Gasteiger partial charge in [0, 0.05) is 6.42 Å². The first kappa shape index (κ1) is 17.1. The van der Waals surface area contributed by atoms with Crippen molar-refractivity contribution in [2.24, 2.45) is 0 Å². The molecule has 0 aliphatic heterocycles. The molecule has 1 heterocycles. The summed E-state index contributed by atoms with van der Waals surface area (Å²) in [5.74, 6) is -0.419. The van der Waals surface area contributed by atoms with Crippen molar-refractivity contribution in [3.8, 4) is 0 Å². The van der Waals surface area contributed by atoms with E-state index in [4.69, 9.17) is 11.6 Å². The second-order valence-electron chi connectivity index (χ2n) is 5.46. The number of aryl methyl sites for hydroxylation is 1. The summed E-state index contributed by atoms with van der Waals surface area (Å²) in [6, 6.07) is 10.7. The van der Waals surface area contributed by atoms with E-state index in [9.17, 15) is 14.0 Å². The zero-order chi connectivity index (χ0) is 18.0. The van der Waals surface area contributed by atoms with Gasteiger partial charge < -0.3 is 5.32 Å². The largest absolute Gasteiger partial charge is 0.323 e. The molecule has 2 aromatic carbocycles. The number of hydrogen-bond donors (Lipinski definition) is 1. The second kappa shape index (κ2) is 7.03. The van der Waals surface area contributed by atoms with Gasteiger partial charge in [-0.15, -0.1) is 0 Å². The van der Waals surface area contributed by atoms with E-state index in [2.05, 4.69) is 10.3 Å². The van der Waals surface area contributed by atoms with Crippen molar-refractivity contribution in [1.82, 2.24) is 9.55 Å². The third-order valence-electron chi connectivity index (χ3n) is 3.76. The first-order valence-corrected chi connectivity index (χ1v) is 8.10. The van der Waals surface area contributed by atoms with Gasteiger partial charge in [0.05, 0.1) is 21.6 Å². The van der Waals surface area contributed by atoms with Crippen LogP contribution in [0, 0.1) is 5.82 Å². The molecule has 0 spiro atoms. The van der Waals surface area contributed by atoms with E-state index in [1.54, 1.807) is 18.2 Å². The number of anilines is 1. The molecule has 0 fully saturated rings. The van der Waals surface area contributed by atoms with Gasteiger partial charge in [-0.3, -0.25) is 14.2 Å². The maximum absolute atomic E-state index is 13.1. The average Bonchev–Trinajstić information content (AvgIpc) is 2.59. The van der Waals surface area contributed by atoms with E-state index in [0.29, 0.717) is 23.1 Å². The highest BCUT2D eigenvalue weighted by atomic mass is 35.5. The van der Waals surface area contributed by atoms with E-state index in [1.165, 1.54) is 16.7 Å². The summed E-state index contributed by atoms with van der Waals surface area (Å²) < 4.78 is 14.4. The fourth-order valence-electron chi connectivity index (χ4n) is 2.57. The van der Waals surface area contributed by atoms with E-state index in [0.717, 1.165) is 6.07 Å². The van der Waals surface area contributed by atoms with Crippen LogP contribution in [0.5, 0.6) is 0 Å². The minimum absolute atomic E-state index is 0.0908. The van der Waals surface area contributed by atoms with Crippen molar-refractivity contribution in [3.05, 3.63) is 69.5 Å². The lowest BCUT2D eigenvalue weighted by atomic mass is 10.2. The highest BCUT2D eigenvalue weighted by Crippen LogP contribution is 2.22. The number of halogens is 2. The summed E-state index contributed by atoms with van der Waals surface area (Å²) in [7, 11) is 0. The van der Waals surface area contributed by atoms with Crippen LogP contribution < -0.4 is 10.9 Å². The summed E-state index contributed by atoms with van der Waals surface area (Å²) in [5, 5.41) is 3.13. The Bertz CT molecular complexity index is 1020. The fourth-order valence-corrected chi connectivity index (χ4v) is 2.79. The van der Waals surface area contributed by atoms with Crippen molar-refractivity contribution in [3.63, 3.8) is 0 Å². The molecular weight excluding hydrogens is 345 g/mol. The third-order valence-corrected chi connectivity index (χ3v) is 4.08. The Hall–Kier alpha value is -2.73. The molecule has 0 saturated carbocycles. The molecule has 0 aliphatic carbocycles. The monoisotopic (exact) mass is 359 g/mol. The number of hydrogen-bond acceptors (Lipinski definition) is 3.